The fourth-order valence-electron chi connectivity index (χ4n) is 1.08. The van der Waals surface area contributed by atoms with Crippen LogP contribution >= 0.6 is 0 Å². The molecule has 1 N–H and O–H groups in total. The number of nitro groups is 1. The Kier molecular flexibility index (Phi) is 2.63. The van der Waals surface area contributed by atoms with Gasteiger partial charge in [-0.25, -0.2) is 0 Å². The average molecular weight is 181 g/mol. The van der Waals surface area contributed by atoms with Gasteiger partial charge in [0.1, 0.15) is 0 Å². The molecular weight excluding hydrogens is 170 g/mol. The molecule has 0 bridgehead atoms. The predicted molar refractivity (Wildman–Crippen MR) is 48.5 cm³/mol. The van der Waals surface area contributed by atoms with Crippen LogP contribution in [0, 0.1) is 17.0 Å². The molecular formula is C9H11NO3. The van der Waals surface area contributed by atoms with Crippen molar-refractivity contribution in [1.82, 2.24) is 0 Å². The molecule has 0 aliphatic heterocycles. The maximum Gasteiger partial charge on any atom is 0.272 e. The number of aliphatic hydroxyl groups excluding tert-OH is 1. The van der Waals surface area contributed by atoms with E-state index in [2.05, 4.69) is 0 Å². The summed E-state index contributed by atoms with van der Waals surface area (Å²) in [5.41, 5.74) is 1.23. The summed E-state index contributed by atoms with van der Waals surface area (Å²) in [5, 5.41) is 19.7. The molecule has 4 heteroatoms. The first kappa shape index (κ1) is 9.67. The summed E-state index contributed by atoms with van der Waals surface area (Å²) in [6.45, 7) is 3.25. The number of aryl methyl sites for hydroxylation is 1. The monoisotopic (exact) mass is 181 g/mol. The molecule has 0 amide bonds. The van der Waals surface area contributed by atoms with Crippen LogP contribution in [0.1, 0.15) is 24.2 Å². The fraction of sp³-hybridized carbons (Fsp3) is 0.333. The molecule has 1 atom stereocenters. The quantitative estimate of drug-likeness (QED) is 0.560. The van der Waals surface area contributed by atoms with E-state index in [1.807, 2.05) is 0 Å². The lowest BCUT2D eigenvalue weighted by Gasteiger charge is -2.04. The second-order valence-corrected chi connectivity index (χ2v) is 2.98. The number of nitro benzene ring substituents is 1. The van der Waals surface area contributed by atoms with Crippen molar-refractivity contribution in [2.75, 3.05) is 0 Å². The molecule has 0 saturated carbocycles. The molecule has 1 aromatic carbocycles. The summed E-state index contributed by atoms with van der Waals surface area (Å²) >= 11 is 0. The minimum absolute atomic E-state index is 0.0541. The van der Waals surface area contributed by atoms with Crippen LogP contribution in [-0.2, 0) is 0 Å². The van der Waals surface area contributed by atoms with Crippen LogP contribution in [0.25, 0.3) is 0 Å². The van der Waals surface area contributed by atoms with E-state index in [4.69, 9.17) is 0 Å². The van der Waals surface area contributed by atoms with E-state index in [1.54, 1.807) is 26.0 Å². The zero-order valence-electron chi connectivity index (χ0n) is 7.52. The number of rotatable bonds is 2. The normalized spacial score (nSPS) is 12.5. The van der Waals surface area contributed by atoms with Crippen molar-refractivity contribution in [3.8, 4) is 0 Å². The van der Waals surface area contributed by atoms with Crippen LogP contribution in [0.3, 0.4) is 0 Å². The third kappa shape index (κ3) is 2.03. The summed E-state index contributed by atoms with van der Waals surface area (Å²) in [4.78, 5) is 10.1. The predicted octanol–water partition coefficient (Wildman–Crippen LogP) is 1.96. The molecule has 1 aromatic rings. The van der Waals surface area contributed by atoms with Crippen molar-refractivity contribution < 1.29 is 10.0 Å². The van der Waals surface area contributed by atoms with E-state index in [1.165, 1.54) is 6.07 Å². The molecule has 0 heterocycles. The van der Waals surface area contributed by atoms with Crippen molar-refractivity contribution in [1.29, 1.82) is 0 Å². The van der Waals surface area contributed by atoms with Crippen molar-refractivity contribution in [3.63, 3.8) is 0 Å². The lowest BCUT2D eigenvalue weighted by atomic mass is 10.1. The minimum atomic E-state index is -0.667. The van der Waals surface area contributed by atoms with Gasteiger partial charge in [-0.2, -0.15) is 0 Å². The van der Waals surface area contributed by atoms with Gasteiger partial charge < -0.3 is 5.11 Å². The third-order valence-electron chi connectivity index (χ3n) is 1.91. The van der Waals surface area contributed by atoms with Gasteiger partial charge in [0.05, 0.1) is 11.0 Å². The van der Waals surface area contributed by atoms with Gasteiger partial charge in [0.15, 0.2) is 0 Å². The van der Waals surface area contributed by atoms with Gasteiger partial charge in [-0.15, -0.1) is 0 Å². The topological polar surface area (TPSA) is 63.4 Å². The molecule has 0 aliphatic carbocycles. The van der Waals surface area contributed by atoms with E-state index >= 15 is 0 Å². The fourth-order valence-corrected chi connectivity index (χ4v) is 1.08. The molecule has 0 aromatic heterocycles. The first-order valence-electron chi connectivity index (χ1n) is 3.95. The van der Waals surface area contributed by atoms with Gasteiger partial charge in [-0.3, -0.25) is 10.1 Å². The molecule has 0 spiro atoms. The van der Waals surface area contributed by atoms with Crippen LogP contribution in [-0.4, -0.2) is 10.0 Å². The highest BCUT2D eigenvalue weighted by Crippen LogP contribution is 2.22. The molecule has 70 valence electrons. The molecule has 0 fully saturated rings. The zero-order valence-corrected chi connectivity index (χ0v) is 7.52. The highest BCUT2D eigenvalue weighted by atomic mass is 16.6. The summed E-state index contributed by atoms with van der Waals surface area (Å²) in [6.07, 6.45) is -0.667. The Morgan fingerprint density at radius 2 is 2.15 bits per heavy atom. The number of benzene rings is 1. The largest absolute Gasteiger partial charge is 0.389 e. The highest BCUT2D eigenvalue weighted by molar-refractivity contribution is 5.42. The number of hydrogen-bond donors (Lipinski definition) is 1. The number of nitrogens with zero attached hydrogens (tertiary/aromatic N) is 1. The van der Waals surface area contributed by atoms with Gasteiger partial charge in [-0.05, 0) is 19.4 Å². The molecule has 1 rings (SSSR count). The maximum atomic E-state index is 10.5. The van der Waals surface area contributed by atoms with Crippen LogP contribution in [0.4, 0.5) is 5.69 Å². The summed E-state index contributed by atoms with van der Waals surface area (Å²) in [5.74, 6) is 0. The van der Waals surface area contributed by atoms with Gasteiger partial charge in [-0.1, -0.05) is 12.1 Å². The van der Waals surface area contributed by atoms with Crippen LogP contribution in [0.2, 0.25) is 0 Å². The lowest BCUT2D eigenvalue weighted by Crippen LogP contribution is -1.96. The second-order valence-electron chi connectivity index (χ2n) is 2.98. The molecule has 4 nitrogen and oxygen atoms in total. The van der Waals surface area contributed by atoms with Crippen molar-refractivity contribution in [3.05, 3.63) is 39.4 Å². The zero-order chi connectivity index (χ0) is 10.0. The Bertz CT molecular complexity index is 334. The first-order valence-corrected chi connectivity index (χ1v) is 3.95. The lowest BCUT2D eigenvalue weighted by molar-refractivity contribution is -0.385. The number of aliphatic hydroxyl groups is 1. The Hall–Kier alpha value is -1.42. The standard InChI is InChI=1S/C9H11NO3/c1-6-3-4-8(7(2)11)5-9(6)10(12)13/h3-5,7,11H,1-2H3. The van der Waals surface area contributed by atoms with E-state index in [9.17, 15) is 15.2 Å². The van der Waals surface area contributed by atoms with Crippen molar-refractivity contribution >= 4 is 5.69 Å². The maximum absolute atomic E-state index is 10.5. The van der Waals surface area contributed by atoms with E-state index in [0.717, 1.165) is 0 Å². The van der Waals surface area contributed by atoms with E-state index in [-0.39, 0.29) is 5.69 Å². The van der Waals surface area contributed by atoms with Gasteiger partial charge in [0.25, 0.3) is 5.69 Å². The van der Waals surface area contributed by atoms with Gasteiger partial charge in [0, 0.05) is 11.6 Å². The van der Waals surface area contributed by atoms with E-state index in [0.29, 0.717) is 11.1 Å². The molecule has 1 unspecified atom stereocenters. The van der Waals surface area contributed by atoms with Crippen molar-refractivity contribution in [2.24, 2.45) is 0 Å². The van der Waals surface area contributed by atoms with Gasteiger partial charge in [0.2, 0.25) is 0 Å². The van der Waals surface area contributed by atoms with Gasteiger partial charge >= 0.3 is 0 Å². The summed E-state index contributed by atoms with van der Waals surface area (Å²) < 4.78 is 0. The molecule has 13 heavy (non-hydrogen) atoms. The Morgan fingerprint density at radius 1 is 1.54 bits per heavy atom. The van der Waals surface area contributed by atoms with Crippen molar-refractivity contribution in [2.45, 2.75) is 20.0 Å². The SMILES string of the molecule is Cc1ccc(C(C)O)cc1[N+](=O)[O-]. The Morgan fingerprint density at radius 3 is 2.62 bits per heavy atom. The summed E-state index contributed by atoms with van der Waals surface area (Å²) in [6, 6.07) is 4.73. The molecule has 0 aliphatic rings. The summed E-state index contributed by atoms with van der Waals surface area (Å²) in [7, 11) is 0. The van der Waals surface area contributed by atoms with E-state index < -0.39 is 11.0 Å². The van der Waals surface area contributed by atoms with Crippen LogP contribution in [0.5, 0.6) is 0 Å². The Labute approximate surface area is 76.0 Å². The average Bonchev–Trinajstić information content (AvgIpc) is 2.04. The minimum Gasteiger partial charge on any atom is -0.389 e. The number of hydrogen-bond acceptors (Lipinski definition) is 3. The Balaban J connectivity index is 3.19. The second kappa shape index (κ2) is 3.53. The highest BCUT2D eigenvalue weighted by Gasteiger charge is 2.12. The molecule has 0 radical (unpaired) electrons. The van der Waals surface area contributed by atoms with Crippen LogP contribution < -0.4 is 0 Å². The molecule has 0 saturated heterocycles. The van der Waals surface area contributed by atoms with Crippen LogP contribution in [0.15, 0.2) is 18.2 Å². The first-order chi connectivity index (χ1) is 6.02. The third-order valence-corrected chi connectivity index (χ3v) is 1.91. The smallest absolute Gasteiger partial charge is 0.272 e.